The molecule has 1 aliphatic heterocycles. The molecule has 0 saturated heterocycles. The first-order valence-electron chi connectivity index (χ1n) is 11.4. The van der Waals surface area contributed by atoms with E-state index < -0.39 is 11.5 Å². The number of esters is 1. The standard InChI is InChI=1S/C24H31N3O4/c1-16-10-12-24(13-11-16,23(30)31-2)26-21(28)17-8-9-18-19(15-17)25-20-7-5-3-4-6-14-27(20)22(18)29/h8-9,15-16H,3-7,10-14H2,1-2H3,(H,26,28). The van der Waals surface area contributed by atoms with E-state index in [-0.39, 0.29) is 11.5 Å². The van der Waals surface area contributed by atoms with E-state index in [0.717, 1.165) is 50.8 Å². The van der Waals surface area contributed by atoms with Gasteiger partial charge in [-0.05, 0) is 62.6 Å². The van der Waals surface area contributed by atoms with Crippen molar-refractivity contribution in [3.63, 3.8) is 0 Å². The summed E-state index contributed by atoms with van der Waals surface area (Å²) in [6.45, 7) is 2.85. The lowest BCUT2D eigenvalue weighted by molar-refractivity contribution is -0.150. The summed E-state index contributed by atoms with van der Waals surface area (Å²) in [6, 6.07) is 4.99. The van der Waals surface area contributed by atoms with Gasteiger partial charge in [-0.25, -0.2) is 9.78 Å². The number of benzene rings is 1. The van der Waals surface area contributed by atoms with Crippen molar-refractivity contribution >= 4 is 22.8 Å². The van der Waals surface area contributed by atoms with Crippen LogP contribution in [0.3, 0.4) is 0 Å². The molecule has 2 aliphatic rings. The SMILES string of the molecule is COC(=O)C1(NC(=O)c2ccc3c(=O)n4c(nc3c2)CCCCCC4)CCC(C)CC1. The molecule has 166 valence electrons. The van der Waals surface area contributed by atoms with Crippen molar-refractivity contribution in [1.82, 2.24) is 14.9 Å². The highest BCUT2D eigenvalue weighted by Gasteiger charge is 2.43. The lowest BCUT2D eigenvalue weighted by atomic mass is 9.77. The summed E-state index contributed by atoms with van der Waals surface area (Å²) in [5, 5.41) is 3.48. The molecule has 2 aromatic rings. The van der Waals surface area contributed by atoms with Crippen molar-refractivity contribution in [2.75, 3.05) is 7.11 Å². The number of aromatic nitrogens is 2. The van der Waals surface area contributed by atoms with Gasteiger partial charge in [0.1, 0.15) is 11.4 Å². The van der Waals surface area contributed by atoms with E-state index in [0.29, 0.717) is 41.8 Å². The van der Waals surface area contributed by atoms with Gasteiger partial charge in [-0.2, -0.15) is 0 Å². The van der Waals surface area contributed by atoms with Crippen LogP contribution in [0.1, 0.15) is 74.5 Å². The molecule has 1 fully saturated rings. The first kappa shape index (κ1) is 21.5. The van der Waals surface area contributed by atoms with Crippen molar-refractivity contribution in [2.45, 2.75) is 76.8 Å². The summed E-state index contributed by atoms with van der Waals surface area (Å²) in [5.74, 6) is 0.579. The van der Waals surface area contributed by atoms with Crippen LogP contribution in [-0.2, 0) is 22.5 Å². The zero-order valence-electron chi connectivity index (χ0n) is 18.4. The fourth-order valence-electron chi connectivity index (χ4n) is 4.86. The highest BCUT2D eigenvalue weighted by atomic mass is 16.5. The normalized spacial score (nSPS) is 24.0. The first-order chi connectivity index (χ1) is 14.9. The van der Waals surface area contributed by atoms with Crippen LogP contribution in [0, 0.1) is 5.92 Å². The van der Waals surface area contributed by atoms with Gasteiger partial charge in [-0.3, -0.25) is 14.2 Å². The summed E-state index contributed by atoms with van der Waals surface area (Å²) < 4.78 is 6.81. The summed E-state index contributed by atoms with van der Waals surface area (Å²) in [4.78, 5) is 43.4. The third-order valence-corrected chi connectivity index (χ3v) is 6.89. The van der Waals surface area contributed by atoms with E-state index in [2.05, 4.69) is 12.2 Å². The van der Waals surface area contributed by atoms with Gasteiger partial charge in [0, 0.05) is 18.5 Å². The number of ether oxygens (including phenoxy) is 1. The number of hydrogen-bond acceptors (Lipinski definition) is 5. The lowest BCUT2D eigenvalue weighted by Gasteiger charge is -2.37. The van der Waals surface area contributed by atoms with Gasteiger partial charge >= 0.3 is 5.97 Å². The molecule has 1 N–H and O–H groups in total. The van der Waals surface area contributed by atoms with Gasteiger partial charge in [0.15, 0.2) is 0 Å². The van der Waals surface area contributed by atoms with Crippen molar-refractivity contribution in [1.29, 1.82) is 0 Å². The van der Waals surface area contributed by atoms with E-state index in [9.17, 15) is 14.4 Å². The Morgan fingerprint density at radius 2 is 1.90 bits per heavy atom. The maximum atomic E-state index is 13.1. The average Bonchev–Trinajstić information content (AvgIpc) is 2.76. The van der Waals surface area contributed by atoms with Crippen LogP contribution in [0.25, 0.3) is 10.9 Å². The number of methoxy groups -OCH3 is 1. The molecule has 0 unspecified atom stereocenters. The van der Waals surface area contributed by atoms with E-state index in [1.54, 1.807) is 22.8 Å². The molecular weight excluding hydrogens is 394 g/mol. The molecule has 4 rings (SSSR count). The number of fused-ring (bicyclic) bond motifs is 2. The van der Waals surface area contributed by atoms with Gasteiger partial charge < -0.3 is 10.1 Å². The third kappa shape index (κ3) is 4.23. The molecule has 1 aromatic heterocycles. The molecule has 0 radical (unpaired) electrons. The molecule has 31 heavy (non-hydrogen) atoms. The summed E-state index contributed by atoms with van der Waals surface area (Å²) in [7, 11) is 1.36. The Morgan fingerprint density at radius 3 is 2.65 bits per heavy atom. The Bertz CT molecular complexity index is 1050. The van der Waals surface area contributed by atoms with Crippen LogP contribution < -0.4 is 10.9 Å². The first-order valence-corrected chi connectivity index (χ1v) is 11.4. The Morgan fingerprint density at radius 1 is 1.16 bits per heavy atom. The van der Waals surface area contributed by atoms with E-state index in [4.69, 9.17) is 9.72 Å². The monoisotopic (exact) mass is 425 g/mol. The topological polar surface area (TPSA) is 90.3 Å². The predicted octanol–water partition coefficient (Wildman–Crippen LogP) is 3.36. The average molecular weight is 426 g/mol. The number of nitrogens with zero attached hydrogens (tertiary/aromatic N) is 2. The second-order valence-corrected chi connectivity index (χ2v) is 9.09. The maximum absolute atomic E-state index is 13.1. The van der Waals surface area contributed by atoms with Crippen LogP contribution in [0.4, 0.5) is 0 Å². The zero-order valence-corrected chi connectivity index (χ0v) is 18.4. The van der Waals surface area contributed by atoms with Crippen LogP contribution >= 0.6 is 0 Å². The molecule has 0 spiro atoms. The zero-order chi connectivity index (χ0) is 22.0. The van der Waals surface area contributed by atoms with Crippen LogP contribution in [0.2, 0.25) is 0 Å². The van der Waals surface area contributed by atoms with E-state index in [1.165, 1.54) is 7.11 Å². The molecule has 1 amide bonds. The van der Waals surface area contributed by atoms with E-state index in [1.807, 2.05) is 0 Å². The smallest absolute Gasteiger partial charge is 0.331 e. The molecule has 1 aromatic carbocycles. The van der Waals surface area contributed by atoms with Crippen molar-refractivity contribution in [3.05, 3.63) is 39.9 Å². The summed E-state index contributed by atoms with van der Waals surface area (Å²) >= 11 is 0. The second kappa shape index (κ2) is 8.81. The highest BCUT2D eigenvalue weighted by molar-refractivity contribution is 6.00. The molecule has 1 saturated carbocycles. The largest absolute Gasteiger partial charge is 0.467 e. The van der Waals surface area contributed by atoms with Gasteiger partial charge in [0.25, 0.3) is 11.5 Å². The molecule has 0 atom stereocenters. The molecule has 2 heterocycles. The minimum Gasteiger partial charge on any atom is -0.467 e. The summed E-state index contributed by atoms with van der Waals surface area (Å²) in [6.07, 6.45) is 7.88. The van der Waals surface area contributed by atoms with Gasteiger partial charge in [-0.15, -0.1) is 0 Å². The molecule has 1 aliphatic carbocycles. The quantitative estimate of drug-likeness (QED) is 0.762. The Balaban J connectivity index is 1.66. The lowest BCUT2D eigenvalue weighted by Crippen LogP contribution is -2.56. The molecule has 0 bridgehead atoms. The minimum atomic E-state index is -0.994. The fourth-order valence-corrected chi connectivity index (χ4v) is 4.86. The number of hydrogen-bond donors (Lipinski definition) is 1. The van der Waals surface area contributed by atoms with E-state index >= 15 is 0 Å². The Hall–Kier alpha value is -2.70. The van der Waals surface area contributed by atoms with Crippen molar-refractivity contribution in [2.24, 2.45) is 5.92 Å². The van der Waals surface area contributed by atoms with Crippen LogP contribution in [-0.4, -0.2) is 34.1 Å². The van der Waals surface area contributed by atoms with Crippen molar-refractivity contribution < 1.29 is 14.3 Å². The number of rotatable bonds is 3. The van der Waals surface area contributed by atoms with Crippen LogP contribution in [0.15, 0.2) is 23.0 Å². The van der Waals surface area contributed by atoms with Gasteiger partial charge in [-0.1, -0.05) is 19.8 Å². The van der Waals surface area contributed by atoms with Crippen molar-refractivity contribution in [3.8, 4) is 0 Å². The predicted molar refractivity (Wildman–Crippen MR) is 118 cm³/mol. The number of carbonyl (C=O) groups is 2. The molecule has 7 heteroatoms. The highest BCUT2D eigenvalue weighted by Crippen LogP contribution is 2.33. The maximum Gasteiger partial charge on any atom is 0.331 e. The molecule has 7 nitrogen and oxygen atoms in total. The fraction of sp³-hybridized carbons (Fsp3) is 0.583. The number of nitrogens with one attached hydrogen (secondary N) is 1. The van der Waals surface area contributed by atoms with Gasteiger partial charge in [0.2, 0.25) is 0 Å². The third-order valence-electron chi connectivity index (χ3n) is 6.89. The minimum absolute atomic E-state index is 0.0406. The second-order valence-electron chi connectivity index (χ2n) is 9.09. The molecular formula is C24H31N3O4. The number of carbonyl (C=O) groups excluding carboxylic acids is 2. The number of amides is 1. The Kier molecular flexibility index (Phi) is 6.12. The van der Waals surface area contributed by atoms with Gasteiger partial charge in [0.05, 0.1) is 18.0 Å². The Labute approximate surface area is 182 Å². The number of aryl methyl sites for hydroxylation is 1. The summed E-state index contributed by atoms with van der Waals surface area (Å²) in [5.41, 5.74) is -0.0983. The van der Waals surface area contributed by atoms with Crippen LogP contribution in [0.5, 0.6) is 0 Å².